The van der Waals surface area contributed by atoms with Crippen molar-refractivity contribution in [2.75, 3.05) is 13.1 Å². The lowest BCUT2D eigenvalue weighted by molar-refractivity contribution is -0.384. The predicted molar refractivity (Wildman–Crippen MR) is 106 cm³/mol. The van der Waals surface area contributed by atoms with Crippen LogP contribution in [-0.2, 0) is 26.6 Å². The van der Waals surface area contributed by atoms with Gasteiger partial charge in [-0.15, -0.1) is 0 Å². The van der Waals surface area contributed by atoms with E-state index in [0.29, 0.717) is 18.7 Å². The molecule has 0 saturated carbocycles. The standard InChI is InChI=1S/C18H21N3O6S2/c22-21(23)16-6-10-17(11-7-16)28(24,25)19-14-15-4-8-18(9-5-15)29(26,27)20-12-2-1-3-13-20/h4-11,19H,1-3,12-14H2. The Labute approximate surface area is 169 Å². The molecule has 0 bridgehead atoms. The summed E-state index contributed by atoms with van der Waals surface area (Å²) in [7, 11) is -7.39. The smallest absolute Gasteiger partial charge is 0.258 e. The van der Waals surface area contributed by atoms with Gasteiger partial charge in [-0.2, -0.15) is 4.31 Å². The molecule has 0 amide bonds. The van der Waals surface area contributed by atoms with E-state index >= 15 is 0 Å². The van der Waals surface area contributed by atoms with Gasteiger partial charge in [0.05, 0.1) is 14.7 Å². The number of non-ortho nitro benzene ring substituents is 1. The second-order valence-corrected chi connectivity index (χ2v) is 10.4. The van der Waals surface area contributed by atoms with Crippen LogP contribution in [0.2, 0.25) is 0 Å². The van der Waals surface area contributed by atoms with E-state index in [1.54, 1.807) is 12.1 Å². The van der Waals surface area contributed by atoms with Crippen molar-refractivity contribution in [3.8, 4) is 0 Å². The second kappa shape index (κ2) is 8.57. The molecule has 2 aromatic carbocycles. The van der Waals surface area contributed by atoms with Crippen LogP contribution in [0.4, 0.5) is 5.69 Å². The fourth-order valence-corrected chi connectivity index (χ4v) is 5.58. The Hall–Kier alpha value is -2.34. The van der Waals surface area contributed by atoms with Crippen LogP contribution in [-0.4, -0.2) is 39.2 Å². The van der Waals surface area contributed by atoms with Crippen LogP contribution >= 0.6 is 0 Å². The average Bonchev–Trinajstić information content (AvgIpc) is 2.73. The fourth-order valence-electron chi connectivity index (χ4n) is 3.04. The molecular formula is C18H21N3O6S2. The lowest BCUT2D eigenvalue weighted by Crippen LogP contribution is -2.35. The van der Waals surface area contributed by atoms with Gasteiger partial charge in [-0.25, -0.2) is 21.6 Å². The third-order valence-electron chi connectivity index (χ3n) is 4.70. The number of benzene rings is 2. The quantitative estimate of drug-likeness (QED) is 0.521. The van der Waals surface area contributed by atoms with Crippen LogP contribution in [0.5, 0.6) is 0 Å². The monoisotopic (exact) mass is 439 g/mol. The van der Waals surface area contributed by atoms with Gasteiger partial charge in [0.15, 0.2) is 0 Å². The zero-order valence-electron chi connectivity index (χ0n) is 15.5. The molecule has 11 heteroatoms. The number of nitro benzene ring substituents is 1. The Bertz CT molecular complexity index is 1080. The number of piperidine rings is 1. The zero-order valence-corrected chi connectivity index (χ0v) is 17.2. The number of nitrogens with one attached hydrogen (secondary N) is 1. The lowest BCUT2D eigenvalue weighted by Gasteiger charge is -2.25. The van der Waals surface area contributed by atoms with Gasteiger partial charge in [0.25, 0.3) is 5.69 Å². The summed E-state index contributed by atoms with van der Waals surface area (Å²) in [5, 5.41) is 10.7. The number of rotatable bonds is 7. The first kappa shape index (κ1) is 21.4. The summed E-state index contributed by atoms with van der Waals surface area (Å²) in [6, 6.07) is 10.6. The van der Waals surface area contributed by atoms with Crippen LogP contribution in [0.3, 0.4) is 0 Å². The molecule has 1 fully saturated rings. The summed E-state index contributed by atoms with van der Waals surface area (Å²) < 4.78 is 53.8. The molecule has 0 radical (unpaired) electrons. The normalized spacial score (nSPS) is 15.9. The third kappa shape index (κ3) is 4.99. The number of hydrogen-bond acceptors (Lipinski definition) is 6. The van der Waals surface area contributed by atoms with Crippen molar-refractivity contribution >= 4 is 25.7 Å². The summed E-state index contributed by atoms with van der Waals surface area (Å²) in [5.41, 5.74) is 0.391. The maximum absolute atomic E-state index is 12.6. The van der Waals surface area contributed by atoms with Crippen molar-refractivity contribution in [3.05, 3.63) is 64.2 Å². The molecule has 9 nitrogen and oxygen atoms in total. The Morgan fingerprint density at radius 2 is 1.41 bits per heavy atom. The van der Waals surface area contributed by atoms with Gasteiger partial charge in [0, 0.05) is 31.8 Å². The Morgan fingerprint density at radius 3 is 1.97 bits per heavy atom. The van der Waals surface area contributed by atoms with Crippen LogP contribution in [0.15, 0.2) is 58.3 Å². The van der Waals surface area contributed by atoms with E-state index in [-0.39, 0.29) is 22.0 Å². The first-order valence-corrected chi connectivity index (χ1v) is 12.0. The largest absolute Gasteiger partial charge is 0.269 e. The lowest BCUT2D eigenvalue weighted by atomic mass is 10.2. The number of nitro groups is 1. The van der Waals surface area contributed by atoms with E-state index in [9.17, 15) is 26.9 Å². The van der Waals surface area contributed by atoms with Gasteiger partial charge in [-0.05, 0) is 42.7 Å². The van der Waals surface area contributed by atoms with E-state index in [0.717, 1.165) is 43.5 Å². The highest BCUT2D eigenvalue weighted by Crippen LogP contribution is 2.21. The molecule has 1 N–H and O–H groups in total. The summed E-state index contributed by atoms with van der Waals surface area (Å²) in [5.74, 6) is 0. The molecule has 0 aliphatic carbocycles. The molecule has 156 valence electrons. The molecule has 1 saturated heterocycles. The predicted octanol–water partition coefficient (Wildman–Crippen LogP) is 2.25. The highest BCUT2D eigenvalue weighted by molar-refractivity contribution is 7.89. The Balaban J connectivity index is 1.67. The first-order valence-electron chi connectivity index (χ1n) is 9.03. The van der Waals surface area contributed by atoms with E-state index in [2.05, 4.69) is 4.72 Å². The molecule has 29 heavy (non-hydrogen) atoms. The number of sulfonamides is 2. The van der Waals surface area contributed by atoms with Crippen molar-refractivity contribution in [3.63, 3.8) is 0 Å². The Morgan fingerprint density at radius 1 is 0.862 bits per heavy atom. The zero-order chi connectivity index (χ0) is 21.1. The van der Waals surface area contributed by atoms with Crippen LogP contribution < -0.4 is 4.72 Å². The highest BCUT2D eigenvalue weighted by atomic mass is 32.2. The maximum atomic E-state index is 12.6. The van der Waals surface area contributed by atoms with Gasteiger partial charge in [0.1, 0.15) is 0 Å². The molecule has 3 rings (SSSR count). The molecule has 1 heterocycles. The fraction of sp³-hybridized carbons (Fsp3) is 0.333. The van der Waals surface area contributed by atoms with Gasteiger partial charge >= 0.3 is 0 Å². The van der Waals surface area contributed by atoms with Crippen molar-refractivity contribution < 1.29 is 21.8 Å². The summed E-state index contributed by atoms with van der Waals surface area (Å²) >= 11 is 0. The van der Waals surface area contributed by atoms with Crippen molar-refractivity contribution in [1.82, 2.24) is 9.03 Å². The van der Waals surface area contributed by atoms with Crippen LogP contribution in [0, 0.1) is 10.1 Å². The van der Waals surface area contributed by atoms with Gasteiger partial charge in [-0.1, -0.05) is 18.6 Å². The first-order chi connectivity index (χ1) is 13.7. The molecular weight excluding hydrogens is 418 g/mol. The highest BCUT2D eigenvalue weighted by Gasteiger charge is 2.25. The third-order valence-corrected chi connectivity index (χ3v) is 8.03. The molecule has 0 aromatic heterocycles. The number of nitrogens with zero attached hydrogens (tertiary/aromatic N) is 2. The molecule has 0 atom stereocenters. The Kier molecular flexibility index (Phi) is 6.32. The molecule has 1 aliphatic rings. The molecule has 0 spiro atoms. The summed E-state index contributed by atoms with van der Waals surface area (Å²) in [6.07, 6.45) is 2.73. The van der Waals surface area contributed by atoms with Crippen molar-refractivity contribution in [1.29, 1.82) is 0 Å². The summed E-state index contributed by atoms with van der Waals surface area (Å²) in [6.45, 7) is 0.988. The number of hydrogen-bond donors (Lipinski definition) is 1. The van der Waals surface area contributed by atoms with Gasteiger partial charge < -0.3 is 0 Å². The maximum Gasteiger partial charge on any atom is 0.269 e. The van der Waals surface area contributed by atoms with Gasteiger partial charge in [0.2, 0.25) is 20.0 Å². The average molecular weight is 440 g/mol. The van der Waals surface area contributed by atoms with Crippen LogP contribution in [0.25, 0.3) is 0 Å². The van der Waals surface area contributed by atoms with E-state index < -0.39 is 25.0 Å². The topological polar surface area (TPSA) is 127 Å². The van der Waals surface area contributed by atoms with Crippen molar-refractivity contribution in [2.24, 2.45) is 0 Å². The van der Waals surface area contributed by atoms with Gasteiger partial charge in [-0.3, -0.25) is 10.1 Å². The minimum Gasteiger partial charge on any atom is -0.258 e. The minimum atomic E-state index is -3.86. The SMILES string of the molecule is O=[N+]([O-])c1ccc(S(=O)(=O)NCc2ccc(S(=O)(=O)N3CCCCC3)cc2)cc1. The van der Waals surface area contributed by atoms with Crippen molar-refractivity contribution in [2.45, 2.75) is 35.6 Å². The van der Waals surface area contributed by atoms with E-state index in [4.69, 9.17) is 0 Å². The molecule has 1 aliphatic heterocycles. The van der Waals surface area contributed by atoms with E-state index in [1.165, 1.54) is 16.4 Å². The summed E-state index contributed by atoms with van der Waals surface area (Å²) in [4.78, 5) is 10.1. The van der Waals surface area contributed by atoms with E-state index in [1.807, 2.05) is 0 Å². The minimum absolute atomic E-state index is 0.0383. The molecule has 0 unspecified atom stereocenters. The molecule has 2 aromatic rings. The van der Waals surface area contributed by atoms with Crippen LogP contribution in [0.1, 0.15) is 24.8 Å². The second-order valence-electron chi connectivity index (χ2n) is 6.68.